The maximum absolute atomic E-state index is 12.5. The van der Waals surface area contributed by atoms with Crippen molar-refractivity contribution in [2.45, 2.75) is 52.7 Å². The summed E-state index contributed by atoms with van der Waals surface area (Å²) in [5, 5.41) is 2.84. The molecule has 0 saturated carbocycles. The zero-order valence-electron chi connectivity index (χ0n) is 16.2. The molecule has 6 nitrogen and oxygen atoms in total. The molecule has 26 heavy (non-hydrogen) atoms. The molecule has 1 saturated heterocycles. The van der Waals surface area contributed by atoms with E-state index < -0.39 is 6.23 Å². The number of amides is 2. The molecular weight excluding hydrogens is 332 g/mol. The van der Waals surface area contributed by atoms with E-state index in [-0.39, 0.29) is 17.9 Å². The van der Waals surface area contributed by atoms with Crippen LogP contribution in [0.15, 0.2) is 24.3 Å². The molecule has 1 aliphatic rings. The minimum absolute atomic E-state index is 0.217. The molecule has 2 amide bonds. The molecule has 0 aromatic heterocycles. The van der Waals surface area contributed by atoms with Crippen molar-refractivity contribution in [3.63, 3.8) is 0 Å². The lowest BCUT2D eigenvalue weighted by Gasteiger charge is -2.32. The van der Waals surface area contributed by atoms with E-state index in [1.165, 1.54) is 5.56 Å². The highest BCUT2D eigenvalue weighted by Gasteiger charge is 2.29. The quantitative estimate of drug-likeness (QED) is 0.621. The number of carbonyl (C=O) groups is 2. The van der Waals surface area contributed by atoms with Crippen molar-refractivity contribution < 1.29 is 19.1 Å². The van der Waals surface area contributed by atoms with Crippen molar-refractivity contribution in [1.82, 2.24) is 10.2 Å². The summed E-state index contributed by atoms with van der Waals surface area (Å²) in [6, 6.07) is 7.67. The number of likely N-dealkylation sites (tertiary alicyclic amines) is 1. The standard InChI is InChI=1S/C20H30N2O4/c1-5-25-19(23)17-7-6-12-22(13-17)20(24)21-15(4)26-18-10-8-16(9-11-18)14(2)3/h8-11,14-15,17H,5-7,12-13H2,1-4H3,(H,21,24). The van der Waals surface area contributed by atoms with Crippen LogP contribution in [0.3, 0.4) is 0 Å². The third-order valence-corrected chi connectivity index (χ3v) is 4.51. The van der Waals surface area contributed by atoms with Crippen molar-refractivity contribution in [1.29, 1.82) is 0 Å². The van der Waals surface area contributed by atoms with Gasteiger partial charge in [-0.3, -0.25) is 4.79 Å². The largest absolute Gasteiger partial charge is 0.471 e. The van der Waals surface area contributed by atoms with Crippen LogP contribution < -0.4 is 10.1 Å². The summed E-state index contributed by atoms with van der Waals surface area (Å²) in [6.45, 7) is 9.25. The SMILES string of the molecule is CCOC(=O)C1CCCN(C(=O)NC(C)Oc2ccc(C(C)C)cc2)C1. The van der Waals surface area contributed by atoms with E-state index in [1.807, 2.05) is 24.3 Å². The number of benzene rings is 1. The zero-order chi connectivity index (χ0) is 19.1. The Morgan fingerprint density at radius 1 is 1.23 bits per heavy atom. The lowest BCUT2D eigenvalue weighted by molar-refractivity contribution is -0.149. The van der Waals surface area contributed by atoms with Gasteiger partial charge in [0, 0.05) is 13.1 Å². The predicted molar refractivity (Wildman–Crippen MR) is 100 cm³/mol. The maximum Gasteiger partial charge on any atom is 0.320 e. The number of nitrogens with zero attached hydrogens (tertiary/aromatic N) is 1. The van der Waals surface area contributed by atoms with E-state index >= 15 is 0 Å². The summed E-state index contributed by atoms with van der Waals surface area (Å²) < 4.78 is 10.8. The van der Waals surface area contributed by atoms with Gasteiger partial charge >= 0.3 is 12.0 Å². The molecule has 2 rings (SSSR count). The van der Waals surface area contributed by atoms with E-state index in [0.717, 1.165) is 12.8 Å². The number of esters is 1. The lowest BCUT2D eigenvalue weighted by Crippen LogP contribution is -2.50. The highest BCUT2D eigenvalue weighted by Crippen LogP contribution is 2.20. The Hall–Kier alpha value is -2.24. The smallest absolute Gasteiger partial charge is 0.320 e. The molecule has 0 radical (unpaired) electrons. The molecular formula is C20H30N2O4. The van der Waals surface area contributed by atoms with Crippen LogP contribution in [-0.2, 0) is 9.53 Å². The lowest BCUT2D eigenvalue weighted by atomic mass is 9.98. The van der Waals surface area contributed by atoms with Crippen LogP contribution >= 0.6 is 0 Å². The van der Waals surface area contributed by atoms with E-state index in [4.69, 9.17) is 9.47 Å². The first-order valence-corrected chi connectivity index (χ1v) is 9.39. The van der Waals surface area contributed by atoms with Gasteiger partial charge < -0.3 is 19.7 Å². The van der Waals surface area contributed by atoms with Gasteiger partial charge in [0.05, 0.1) is 12.5 Å². The highest BCUT2D eigenvalue weighted by atomic mass is 16.5. The third-order valence-electron chi connectivity index (χ3n) is 4.51. The predicted octanol–water partition coefficient (Wildman–Crippen LogP) is 3.52. The Labute approximate surface area is 155 Å². The molecule has 2 unspecified atom stereocenters. The van der Waals surface area contributed by atoms with Gasteiger partial charge in [0.25, 0.3) is 0 Å². The van der Waals surface area contributed by atoms with Gasteiger partial charge in [0.2, 0.25) is 0 Å². The monoisotopic (exact) mass is 362 g/mol. The summed E-state index contributed by atoms with van der Waals surface area (Å²) in [4.78, 5) is 26.0. The van der Waals surface area contributed by atoms with Crippen LogP contribution in [-0.4, -0.2) is 42.8 Å². The summed E-state index contributed by atoms with van der Waals surface area (Å²) in [6.07, 6.45) is 1.09. The molecule has 1 aromatic carbocycles. The fourth-order valence-corrected chi connectivity index (χ4v) is 3.04. The molecule has 0 spiro atoms. The van der Waals surface area contributed by atoms with E-state index in [1.54, 1.807) is 18.7 Å². The van der Waals surface area contributed by atoms with E-state index in [9.17, 15) is 9.59 Å². The minimum atomic E-state index is -0.463. The number of rotatable bonds is 6. The Morgan fingerprint density at radius 3 is 2.54 bits per heavy atom. The Kier molecular flexibility index (Phi) is 7.30. The first kappa shape index (κ1) is 20.1. The Balaban J connectivity index is 1.85. The van der Waals surface area contributed by atoms with Gasteiger partial charge in [-0.1, -0.05) is 26.0 Å². The topological polar surface area (TPSA) is 67.9 Å². The fourth-order valence-electron chi connectivity index (χ4n) is 3.04. The molecule has 1 aliphatic heterocycles. The minimum Gasteiger partial charge on any atom is -0.471 e. The maximum atomic E-state index is 12.5. The van der Waals surface area contributed by atoms with Gasteiger partial charge in [-0.2, -0.15) is 0 Å². The van der Waals surface area contributed by atoms with Crippen molar-refractivity contribution in [2.24, 2.45) is 5.92 Å². The van der Waals surface area contributed by atoms with Gasteiger partial charge in [0.15, 0.2) is 6.23 Å². The van der Waals surface area contributed by atoms with Crippen molar-refractivity contribution in [3.8, 4) is 5.75 Å². The normalized spacial score (nSPS) is 18.3. The molecule has 1 fully saturated rings. The van der Waals surface area contributed by atoms with Crippen LogP contribution in [0, 0.1) is 5.92 Å². The number of hydrogen-bond acceptors (Lipinski definition) is 4. The van der Waals surface area contributed by atoms with Crippen LogP contribution in [0.1, 0.15) is 52.0 Å². The first-order valence-electron chi connectivity index (χ1n) is 9.39. The summed E-state index contributed by atoms with van der Waals surface area (Å²) in [7, 11) is 0. The number of urea groups is 1. The van der Waals surface area contributed by atoms with Gasteiger partial charge in [-0.25, -0.2) is 4.79 Å². The van der Waals surface area contributed by atoms with Gasteiger partial charge in [-0.05, 0) is 50.3 Å². The molecule has 1 aromatic rings. The third kappa shape index (κ3) is 5.64. The Bertz CT molecular complexity index is 600. The van der Waals surface area contributed by atoms with Crippen molar-refractivity contribution >= 4 is 12.0 Å². The van der Waals surface area contributed by atoms with E-state index in [0.29, 0.717) is 31.4 Å². The summed E-state index contributed by atoms with van der Waals surface area (Å²) in [5.74, 6) is 0.714. The number of carbonyl (C=O) groups excluding carboxylic acids is 2. The van der Waals surface area contributed by atoms with Crippen LogP contribution in [0.25, 0.3) is 0 Å². The molecule has 0 bridgehead atoms. The molecule has 1 heterocycles. The van der Waals surface area contributed by atoms with Crippen molar-refractivity contribution in [3.05, 3.63) is 29.8 Å². The molecule has 0 aliphatic carbocycles. The molecule has 1 N–H and O–H groups in total. The fraction of sp³-hybridized carbons (Fsp3) is 0.600. The average Bonchev–Trinajstić information content (AvgIpc) is 2.62. The number of piperidine rings is 1. The first-order chi connectivity index (χ1) is 12.4. The number of nitrogens with one attached hydrogen (secondary N) is 1. The van der Waals surface area contributed by atoms with Gasteiger partial charge in [0.1, 0.15) is 5.75 Å². The second-order valence-electron chi connectivity index (χ2n) is 6.97. The molecule has 6 heteroatoms. The second kappa shape index (κ2) is 9.46. The van der Waals surface area contributed by atoms with Crippen LogP contribution in [0.2, 0.25) is 0 Å². The molecule has 144 valence electrons. The van der Waals surface area contributed by atoms with Crippen LogP contribution in [0.4, 0.5) is 4.79 Å². The van der Waals surface area contributed by atoms with Crippen molar-refractivity contribution in [2.75, 3.05) is 19.7 Å². The summed E-state index contributed by atoms with van der Waals surface area (Å²) in [5.41, 5.74) is 1.24. The number of hydrogen-bond donors (Lipinski definition) is 1. The second-order valence-corrected chi connectivity index (χ2v) is 6.97. The molecule has 2 atom stereocenters. The average molecular weight is 362 g/mol. The Morgan fingerprint density at radius 2 is 1.92 bits per heavy atom. The number of ether oxygens (including phenoxy) is 2. The van der Waals surface area contributed by atoms with Gasteiger partial charge in [-0.15, -0.1) is 0 Å². The highest BCUT2D eigenvalue weighted by molar-refractivity contribution is 5.77. The zero-order valence-corrected chi connectivity index (χ0v) is 16.2. The van der Waals surface area contributed by atoms with E-state index in [2.05, 4.69) is 19.2 Å². The summed E-state index contributed by atoms with van der Waals surface area (Å²) >= 11 is 0. The van der Waals surface area contributed by atoms with Crippen LogP contribution in [0.5, 0.6) is 5.75 Å².